The van der Waals surface area contributed by atoms with Gasteiger partial charge >= 0.3 is 0 Å². The predicted octanol–water partition coefficient (Wildman–Crippen LogP) is 6.86. The molecule has 6 nitrogen and oxygen atoms in total. The zero-order chi connectivity index (χ0) is 22.1. The summed E-state index contributed by atoms with van der Waals surface area (Å²) in [5, 5.41) is 18.7. The molecular weight excluding hydrogens is 426 g/mol. The minimum absolute atomic E-state index is 0.0283. The SMILES string of the molecule is O=[N+]([O-])c1cccc(-c2ccc(C3CC(c4ccc(Cl)cc4)=NN3c3ccccc3)o2)c1. The summed E-state index contributed by atoms with van der Waals surface area (Å²) >= 11 is 6.05. The highest BCUT2D eigenvalue weighted by Crippen LogP contribution is 2.39. The molecule has 5 rings (SSSR count). The van der Waals surface area contributed by atoms with Gasteiger partial charge in [0.05, 0.1) is 16.3 Å². The number of nitro groups is 1. The van der Waals surface area contributed by atoms with Gasteiger partial charge in [-0.05, 0) is 42.0 Å². The lowest BCUT2D eigenvalue weighted by atomic mass is 10.0. The highest BCUT2D eigenvalue weighted by Gasteiger charge is 2.32. The summed E-state index contributed by atoms with van der Waals surface area (Å²) in [5.74, 6) is 1.32. The van der Waals surface area contributed by atoms with Crippen LogP contribution in [0.2, 0.25) is 5.02 Å². The summed E-state index contributed by atoms with van der Waals surface area (Å²) in [6.07, 6.45) is 0.651. The Hall–Kier alpha value is -3.90. The van der Waals surface area contributed by atoms with E-state index < -0.39 is 4.92 Å². The van der Waals surface area contributed by atoms with E-state index in [9.17, 15) is 10.1 Å². The van der Waals surface area contributed by atoms with Crippen LogP contribution in [0.1, 0.15) is 23.8 Å². The number of nitro benzene ring substituents is 1. The standard InChI is InChI=1S/C25H18ClN3O3/c26-19-11-9-17(10-12-19)22-16-23(28(27-22)20-6-2-1-3-7-20)25-14-13-24(32-25)18-5-4-8-21(15-18)29(30)31/h1-15,23H,16H2. The van der Waals surface area contributed by atoms with E-state index in [1.165, 1.54) is 12.1 Å². The Kier molecular flexibility index (Phi) is 5.21. The van der Waals surface area contributed by atoms with Crippen LogP contribution in [0.4, 0.5) is 11.4 Å². The zero-order valence-electron chi connectivity index (χ0n) is 16.9. The molecule has 3 aromatic carbocycles. The lowest BCUT2D eigenvalue weighted by molar-refractivity contribution is -0.384. The summed E-state index contributed by atoms with van der Waals surface area (Å²) in [7, 11) is 0. The second kappa shape index (κ2) is 8.32. The average Bonchev–Trinajstić information content (AvgIpc) is 3.48. The smallest absolute Gasteiger partial charge is 0.270 e. The van der Waals surface area contributed by atoms with E-state index in [2.05, 4.69) is 0 Å². The summed E-state index contributed by atoms with van der Waals surface area (Å²) < 4.78 is 6.18. The maximum absolute atomic E-state index is 11.1. The van der Waals surface area contributed by atoms with Gasteiger partial charge in [-0.2, -0.15) is 5.10 Å². The van der Waals surface area contributed by atoms with E-state index in [0.717, 1.165) is 22.7 Å². The lowest BCUT2D eigenvalue weighted by Gasteiger charge is -2.21. The number of benzene rings is 3. The highest BCUT2D eigenvalue weighted by molar-refractivity contribution is 6.30. The second-order valence-electron chi connectivity index (χ2n) is 7.46. The number of anilines is 1. The first-order chi connectivity index (χ1) is 15.6. The molecule has 4 aromatic rings. The van der Waals surface area contributed by atoms with Gasteiger partial charge in [-0.25, -0.2) is 0 Å². The van der Waals surface area contributed by atoms with Gasteiger partial charge in [0.15, 0.2) is 0 Å². The summed E-state index contributed by atoms with van der Waals surface area (Å²) in [5.41, 5.74) is 3.58. The molecule has 0 bridgehead atoms. The van der Waals surface area contributed by atoms with Gasteiger partial charge in [-0.1, -0.05) is 54.1 Å². The Bertz CT molecular complexity index is 1300. The quantitative estimate of drug-likeness (QED) is 0.249. The number of non-ortho nitro benzene ring substituents is 1. The van der Waals surface area contributed by atoms with E-state index in [0.29, 0.717) is 22.8 Å². The molecule has 1 aliphatic rings. The summed E-state index contributed by atoms with van der Waals surface area (Å²) in [6.45, 7) is 0. The molecule has 0 spiro atoms. The first-order valence-electron chi connectivity index (χ1n) is 10.1. The number of furan rings is 1. The monoisotopic (exact) mass is 443 g/mol. The number of hydrogen-bond donors (Lipinski definition) is 0. The van der Waals surface area contributed by atoms with Crippen molar-refractivity contribution in [2.75, 3.05) is 5.01 Å². The van der Waals surface area contributed by atoms with Crippen molar-refractivity contribution in [3.8, 4) is 11.3 Å². The second-order valence-corrected chi connectivity index (χ2v) is 7.90. The van der Waals surface area contributed by atoms with Crippen LogP contribution in [-0.4, -0.2) is 10.6 Å². The molecule has 1 atom stereocenters. The number of halogens is 1. The Labute approximate surface area is 189 Å². The number of hydrazone groups is 1. The van der Waals surface area contributed by atoms with Crippen molar-refractivity contribution >= 4 is 28.7 Å². The molecule has 1 aliphatic heterocycles. The minimum atomic E-state index is -0.409. The van der Waals surface area contributed by atoms with Gasteiger partial charge < -0.3 is 4.42 Å². The Morgan fingerprint density at radius 3 is 2.47 bits per heavy atom. The number of para-hydroxylation sites is 1. The van der Waals surface area contributed by atoms with E-state index in [1.54, 1.807) is 12.1 Å². The lowest BCUT2D eigenvalue weighted by Crippen LogP contribution is -2.17. The maximum Gasteiger partial charge on any atom is 0.270 e. The van der Waals surface area contributed by atoms with Crippen LogP contribution in [-0.2, 0) is 0 Å². The summed E-state index contributed by atoms with van der Waals surface area (Å²) in [4.78, 5) is 10.7. The van der Waals surface area contributed by atoms with E-state index in [1.807, 2.05) is 71.7 Å². The van der Waals surface area contributed by atoms with Crippen molar-refractivity contribution in [2.24, 2.45) is 5.10 Å². The first-order valence-corrected chi connectivity index (χ1v) is 10.5. The van der Waals surface area contributed by atoms with Crippen molar-refractivity contribution in [1.82, 2.24) is 0 Å². The molecule has 1 unspecified atom stereocenters. The zero-order valence-corrected chi connectivity index (χ0v) is 17.6. The Morgan fingerprint density at radius 1 is 0.938 bits per heavy atom. The van der Waals surface area contributed by atoms with Crippen molar-refractivity contribution in [2.45, 2.75) is 12.5 Å². The molecule has 0 aliphatic carbocycles. The average molecular weight is 444 g/mol. The fourth-order valence-electron chi connectivity index (χ4n) is 3.83. The van der Waals surface area contributed by atoms with Gasteiger partial charge in [0, 0.05) is 29.1 Å². The van der Waals surface area contributed by atoms with E-state index in [-0.39, 0.29) is 11.7 Å². The van der Waals surface area contributed by atoms with Crippen molar-refractivity contribution in [3.63, 3.8) is 0 Å². The molecule has 7 heteroatoms. The van der Waals surface area contributed by atoms with Crippen molar-refractivity contribution in [3.05, 3.63) is 117 Å². The van der Waals surface area contributed by atoms with Gasteiger partial charge in [-0.3, -0.25) is 15.1 Å². The van der Waals surface area contributed by atoms with Crippen molar-refractivity contribution in [1.29, 1.82) is 0 Å². The van der Waals surface area contributed by atoms with Crippen LogP contribution in [0, 0.1) is 10.1 Å². The molecule has 0 amide bonds. The van der Waals surface area contributed by atoms with Crippen LogP contribution in [0.15, 0.2) is 101 Å². The van der Waals surface area contributed by atoms with Crippen LogP contribution < -0.4 is 5.01 Å². The van der Waals surface area contributed by atoms with E-state index >= 15 is 0 Å². The van der Waals surface area contributed by atoms with Crippen LogP contribution in [0.3, 0.4) is 0 Å². The molecule has 32 heavy (non-hydrogen) atoms. The Morgan fingerprint density at radius 2 is 1.72 bits per heavy atom. The van der Waals surface area contributed by atoms with Gasteiger partial charge in [0.2, 0.25) is 0 Å². The number of nitrogens with zero attached hydrogens (tertiary/aromatic N) is 3. The van der Waals surface area contributed by atoms with Crippen molar-refractivity contribution < 1.29 is 9.34 Å². The maximum atomic E-state index is 11.1. The summed E-state index contributed by atoms with van der Waals surface area (Å²) in [6, 6.07) is 27.6. The van der Waals surface area contributed by atoms with Crippen LogP contribution in [0.25, 0.3) is 11.3 Å². The fraction of sp³-hybridized carbons (Fsp3) is 0.0800. The molecule has 158 valence electrons. The molecular formula is C25H18ClN3O3. The van der Waals surface area contributed by atoms with E-state index in [4.69, 9.17) is 21.1 Å². The predicted molar refractivity (Wildman–Crippen MR) is 125 cm³/mol. The Balaban J connectivity index is 1.50. The largest absolute Gasteiger partial charge is 0.459 e. The number of hydrogen-bond acceptors (Lipinski definition) is 5. The van der Waals surface area contributed by atoms with Gasteiger partial charge in [-0.15, -0.1) is 0 Å². The molecule has 0 fully saturated rings. The normalized spacial score (nSPS) is 15.6. The fourth-order valence-corrected chi connectivity index (χ4v) is 3.95. The van der Waals surface area contributed by atoms with Gasteiger partial charge in [0.1, 0.15) is 17.6 Å². The molecule has 0 radical (unpaired) electrons. The van der Waals surface area contributed by atoms with Gasteiger partial charge in [0.25, 0.3) is 5.69 Å². The van der Waals surface area contributed by atoms with Crippen LogP contribution in [0.5, 0.6) is 0 Å². The van der Waals surface area contributed by atoms with Crippen LogP contribution >= 0.6 is 11.6 Å². The number of rotatable bonds is 5. The third-order valence-corrected chi connectivity index (χ3v) is 5.66. The third kappa shape index (κ3) is 3.88. The molecule has 0 N–H and O–H groups in total. The topological polar surface area (TPSA) is 71.9 Å². The first kappa shape index (κ1) is 20.0. The third-order valence-electron chi connectivity index (χ3n) is 5.41. The molecule has 1 aromatic heterocycles. The molecule has 2 heterocycles. The minimum Gasteiger partial charge on any atom is -0.459 e. The highest BCUT2D eigenvalue weighted by atomic mass is 35.5. The molecule has 0 saturated heterocycles. The molecule has 0 saturated carbocycles.